The third-order valence-corrected chi connectivity index (χ3v) is 4.13. The van der Waals surface area contributed by atoms with Gasteiger partial charge in [0, 0.05) is 36.0 Å². The van der Waals surface area contributed by atoms with Crippen molar-refractivity contribution in [3.8, 4) is 0 Å². The molecular weight excluding hydrogens is 370 g/mol. The number of piperidine rings is 1. The van der Waals surface area contributed by atoms with Crippen molar-refractivity contribution in [2.75, 3.05) is 13.1 Å². The Labute approximate surface area is 132 Å². The summed E-state index contributed by atoms with van der Waals surface area (Å²) >= 11 is 3.19. The zero-order chi connectivity index (χ0) is 16.5. The fourth-order valence-electron chi connectivity index (χ4n) is 2.33. The number of rotatable bonds is 2. The van der Waals surface area contributed by atoms with Gasteiger partial charge < -0.3 is 4.90 Å². The number of likely N-dealkylation sites (tertiary alicyclic amines) is 1. The lowest BCUT2D eigenvalue weighted by molar-refractivity contribution is -0.187. The number of ketones is 1. The second kappa shape index (κ2) is 5.98. The minimum absolute atomic E-state index is 0.154. The molecule has 0 bridgehead atoms. The first-order valence-corrected chi connectivity index (χ1v) is 7.28. The van der Waals surface area contributed by atoms with Gasteiger partial charge in [-0.15, -0.1) is 0 Å². The molecule has 8 heteroatoms. The Bertz CT molecular complexity index is 578. The Hall–Kier alpha value is -1.44. The molecule has 1 heterocycles. The van der Waals surface area contributed by atoms with Crippen LogP contribution in [-0.4, -0.2) is 41.5 Å². The van der Waals surface area contributed by atoms with Crippen LogP contribution in [0.3, 0.4) is 0 Å². The quantitative estimate of drug-likeness (QED) is 0.580. The van der Waals surface area contributed by atoms with Crippen molar-refractivity contribution in [3.63, 3.8) is 0 Å². The Morgan fingerprint density at radius 2 is 1.59 bits per heavy atom. The van der Waals surface area contributed by atoms with Crippen molar-refractivity contribution in [3.05, 3.63) is 34.3 Å². The molecule has 22 heavy (non-hydrogen) atoms. The number of alkyl halides is 4. The molecule has 1 fully saturated rings. The fourth-order valence-corrected chi connectivity index (χ4v) is 2.59. The number of carbonyl (C=O) groups excluding carboxylic acids is 2. The van der Waals surface area contributed by atoms with Gasteiger partial charge in [0.25, 0.3) is 0 Å². The molecule has 120 valence electrons. The second-order valence-corrected chi connectivity index (χ2v) is 6.01. The summed E-state index contributed by atoms with van der Waals surface area (Å²) in [4.78, 5) is 23.8. The van der Waals surface area contributed by atoms with Gasteiger partial charge in [0.1, 0.15) is 0 Å². The summed E-state index contributed by atoms with van der Waals surface area (Å²) in [5.74, 6) is -2.76. The number of carbonyl (C=O) groups is 2. The van der Waals surface area contributed by atoms with E-state index in [9.17, 15) is 27.2 Å². The first-order valence-electron chi connectivity index (χ1n) is 6.49. The molecule has 1 saturated heterocycles. The highest BCUT2D eigenvalue weighted by Crippen LogP contribution is 2.32. The lowest BCUT2D eigenvalue weighted by Crippen LogP contribution is -2.51. The van der Waals surface area contributed by atoms with E-state index in [0.29, 0.717) is 4.90 Å². The van der Waals surface area contributed by atoms with E-state index in [4.69, 9.17) is 0 Å². The van der Waals surface area contributed by atoms with Gasteiger partial charge in [-0.05, 0) is 12.1 Å². The van der Waals surface area contributed by atoms with E-state index >= 15 is 0 Å². The Kier molecular flexibility index (Phi) is 4.60. The van der Waals surface area contributed by atoms with E-state index in [0.717, 1.165) is 4.47 Å². The predicted octanol–water partition coefficient (Wildman–Crippen LogP) is 3.52. The molecular formula is C14H12BrF4NO2. The fraction of sp³-hybridized carbons (Fsp3) is 0.429. The summed E-state index contributed by atoms with van der Waals surface area (Å²) in [6.07, 6.45) is -5.86. The van der Waals surface area contributed by atoms with E-state index in [2.05, 4.69) is 15.9 Å². The maximum Gasteiger partial charge on any atom is 0.471 e. The number of Topliss-reactive ketones (excluding diaryl/α,β-unsaturated/α-hetero) is 1. The lowest BCUT2D eigenvalue weighted by Gasteiger charge is -2.35. The molecule has 0 aliphatic carbocycles. The predicted molar refractivity (Wildman–Crippen MR) is 74.2 cm³/mol. The topological polar surface area (TPSA) is 37.4 Å². The standard InChI is InChI=1S/C14H12BrF4NO2/c15-10-3-1-9(2-4-10)11(21)13(16)5-7-20(8-6-13)12(22)14(17,18)19/h1-4H,5-8H2. The van der Waals surface area contributed by atoms with Crippen LogP contribution < -0.4 is 0 Å². The molecule has 1 aromatic carbocycles. The van der Waals surface area contributed by atoms with E-state index in [1.807, 2.05) is 0 Å². The van der Waals surface area contributed by atoms with Crippen molar-refractivity contribution in [2.24, 2.45) is 0 Å². The molecule has 0 saturated carbocycles. The Morgan fingerprint density at radius 3 is 2.05 bits per heavy atom. The third-order valence-electron chi connectivity index (χ3n) is 3.60. The zero-order valence-corrected chi connectivity index (χ0v) is 12.9. The molecule has 1 amide bonds. The highest BCUT2D eigenvalue weighted by molar-refractivity contribution is 9.10. The minimum Gasteiger partial charge on any atom is -0.335 e. The van der Waals surface area contributed by atoms with Gasteiger partial charge >= 0.3 is 12.1 Å². The van der Waals surface area contributed by atoms with E-state index in [-0.39, 0.29) is 5.56 Å². The summed E-state index contributed by atoms with van der Waals surface area (Å²) in [7, 11) is 0. The van der Waals surface area contributed by atoms with Crippen molar-refractivity contribution < 1.29 is 27.2 Å². The first-order chi connectivity index (χ1) is 10.1. The van der Waals surface area contributed by atoms with E-state index in [1.54, 1.807) is 12.1 Å². The molecule has 1 aliphatic heterocycles. The van der Waals surface area contributed by atoms with Crippen LogP contribution in [-0.2, 0) is 4.79 Å². The lowest BCUT2D eigenvalue weighted by atomic mass is 9.85. The molecule has 3 nitrogen and oxygen atoms in total. The van der Waals surface area contributed by atoms with Crippen molar-refractivity contribution in [1.82, 2.24) is 4.90 Å². The van der Waals surface area contributed by atoms with Gasteiger partial charge in [-0.3, -0.25) is 9.59 Å². The number of nitrogens with zero attached hydrogens (tertiary/aromatic N) is 1. The molecule has 1 aromatic rings. The monoisotopic (exact) mass is 381 g/mol. The van der Waals surface area contributed by atoms with Crippen LogP contribution in [0.1, 0.15) is 23.2 Å². The van der Waals surface area contributed by atoms with Crippen molar-refractivity contribution in [2.45, 2.75) is 24.7 Å². The number of amides is 1. The molecule has 0 spiro atoms. The molecule has 1 aliphatic rings. The van der Waals surface area contributed by atoms with E-state index < -0.39 is 49.5 Å². The maximum absolute atomic E-state index is 14.7. The highest BCUT2D eigenvalue weighted by Gasteiger charge is 2.48. The van der Waals surface area contributed by atoms with Gasteiger partial charge in [-0.2, -0.15) is 13.2 Å². The summed E-state index contributed by atoms with van der Waals surface area (Å²) in [6, 6.07) is 6.06. The smallest absolute Gasteiger partial charge is 0.335 e. The van der Waals surface area contributed by atoms with Gasteiger partial charge in [-0.1, -0.05) is 28.1 Å². The van der Waals surface area contributed by atoms with Crippen molar-refractivity contribution in [1.29, 1.82) is 0 Å². The summed E-state index contributed by atoms with van der Waals surface area (Å²) in [5, 5.41) is 0. The Balaban J connectivity index is 2.07. The largest absolute Gasteiger partial charge is 0.471 e. The normalized spacial score (nSPS) is 18.1. The molecule has 0 aromatic heterocycles. The number of halogens is 5. The number of benzene rings is 1. The molecule has 0 unspecified atom stereocenters. The van der Waals surface area contributed by atoms with E-state index in [1.165, 1.54) is 12.1 Å². The van der Waals surface area contributed by atoms with Gasteiger partial charge in [0.05, 0.1) is 0 Å². The average molecular weight is 382 g/mol. The summed E-state index contributed by atoms with van der Waals surface area (Å²) in [6.45, 7) is -0.867. The van der Waals surface area contributed by atoms with Crippen LogP contribution >= 0.6 is 15.9 Å². The molecule has 0 N–H and O–H groups in total. The molecule has 0 radical (unpaired) electrons. The summed E-state index contributed by atoms with van der Waals surface area (Å²) < 4.78 is 52.4. The maximum atomic E-state index is 14.7. The van der Waals surface area contributed by atoms with Crippen LogP contribution in [0.5, 0.6) is 0 Å². The number of hydrogen-bond acceptors (Lipinski definition) is 2. The minimum atomic E-state index is -4.98. The second-order valence-electron chi connectivity index (χ2n) is 5.09. The van der Waals surface area contributed by atoms with Crippen LogP contribution in [0.25, 0.3) is 0 Å². The average Bonchev–Trinajstić information content (AvgIpc) is 2.46. The third kappa shape index (κ3) is 3.48. The van der Waals surface area contributed by atoms with Crippen molar-refractivity contribution >= 4 is 27.6 Å². The zero-order valence-electron chi connectivity index (χ0n) is 11.3. The van der Waals surface area contributed by atoms with Crippen LogP contribution in [0.15, 0.2) is 28.7 Å². The van der Waals surface area contributed by atoms with Gasteiger partial charge in [0.15, 0.2) is 11.5 Å². The SMILES string of the molecule is O=C(N1CCC(F)(C(=O)c2ccc(Br)cc2)CC1)C(F)(F)F. The van der Waals surface area contributed by atoms with Crippen LogP contribution in [0.4, 0.5) is 17.6 Å². The number of hydrogen-bond donors (Lipinski definition) is 0. The highest BCUT2D eigenvalue weighted by atomic mass is 79.9. The molecule has 0 atom stereocenters. The molecule has 2 rings (SSSR count). The first kappa shape index (κ1) is 16.9. The van der Waals surface area contributed by atoms with Gasteiger partial charge in [-0.25, -0.2) is 4.39 Å². The Morgan fingerprint density at radius 1 is 1.09 bits per heavy atom. The van der Waals surface area contributed by atoms with Crippen LogP contribution in [0.2, 0.25) is 0 Å². The van der Waals surface area contributed by atoms with Gasteiger partial charge in [0.2, 0.25) is 0 Å². The van der Waals surface area contributed by atoms with Crippen LogP contribution in [0, 0.1) is 0 Å². The summed E-state index contributed by atoms with van der Waals surface area (Å²) in [5.41, 5.74) is -2.09.